The van der Waals surface area contributed by atoms with Gasteiger partial charge in [0.15, 0.2) is 0 Å². The summed E-state index contributed by atoms with van der Waals surface area (Å²) in [5.74, 6) is 4.73. The molecule has 0 radical (unpaired) electrons. The van der Waals surface area contributed by atoms with Crippen molar-refractivity contribution in [2.45, 2.75) is 52.2 Å². The number of rotatable bonds is 3. The lowest BCUT2D eigenvalue weighted by atomic mass is 9.76. The molecule has 3 heteroatoms. The molecule has 1 aliphatic rings. The highest BCUT2D eigenvalue weighted by Crippen LogP contribution is 2.36. The van der Waals surface area contributed by atoms with Crippen LogP contribution in [0, 0.1) is 23.1 Å². The van der Waals surface area contributed by atoms with Crippen molar-refractivity contribution in [1.82, 2.24) is 0 Å². The number of halogens is 1. The normalized spacial score (nSPS) is 18.1. The van der Waals surface area contributed by atoms with Crippen LogP contribution in [0.5, 0.6) is 0 Å². The molecule has 0 atom stereocenters. The molecule has 2 rings (SSSR count). The average molecular weight is 290 g/mol. The lowest BCUT2D eigenvalue weighted by Gasteiger charge is -2.34. The molecule has 0 bridgehead atoms. The van der Waals surface area contributed by atoms with Crippen LogP contribution in [0.4, 0.5) is 4.39 Å². The fraction of sp³-hybridized carbons (Fsp3) is 0.556. The van der Waals surface area contributed by atoms with Crippen LogP contribution in [0.25, 0.3) is 0 Å². The molecule has 0 unspecified atom stereocenters. The smallest absolute Gasteiger partial charge is 0.138 e. The van der Waals surface area contributed by atoms with Gasteiger partial charge in [-0.1, -0.05) is 31.8 Å². The van der Waals surface area contributed by atoms with E-state index in [0.717, 1.165) is 18.4 Å². The molecule has 0 saturated heterocycles. The van der Waals surface area contributed by atoms with E-state index >= 15 is 0 Å². The first-order valence-corrected chi connectivity index (χ1v) is 7.50. The van der Waals surface area contributed by atoms with Crippen molar-refractivity contribution in [2.24, 2.45) is 5.41 Å². The predicted octanol–water partition coefficient (Wildman–Crippen LogP) is 3.65. The van der Waals surface area contributed by atoms with E-state index in [1.54, 1.807) is 12.1 Å². The molecular formula is C18H23FO2. The van der Waals surface area contributed by atoms with Crippen molar-refractivity contribution >= 4 is 0 Å². The van der Waals surface area contributed by atoms with E-state index in [9.17, 15) is 4.39 Å². The van der Waals surface area contributed by atoms with Crippen molar-refractivity contribution < 1.29 is 14.2 Å². The van der Waals surface area contributed by atoms with Gasteiger partial charge in [-0.15, -0.1) is 0 Å². The monoisotopic (exact) mass is 290 g/mol. The number of ether oxygens (including phenoxy) is 1. The summed E-state index contributed by atoms with van der Waals surface area (Å²) in [5.41, 5.74) is 1.67. The van der Waals surface area contributed by atoms with Gasteiger partial charge < -0.3 is 9.84 Å². The Morgan fingerprint density at radius 2 is 2.05 bits per heavy atom. The van der Waals surface area contributed by atoms with Gasteiger partial charge in [0, 0.05) is 0 Å². The number of hydrogen-bond donors (Lipinski definition) is 1. The van der Waals surface area contributed by atoms with Gasteiger partial charge in [-0.2, -0.15) is 0 Å². The maximum atomic E-state index is 13.5. The van der Waals surface area contributed by atoms with Crippen molar-refractivity contribution in [3.05, 3.63) is 35.1 Å². The van der Waals surface area contributed by atoms with Crippen LogP contribution in [0.2, 0.25) is 0 Å². The van der Waals surface area contributed by atoms with Gasteiger partial charge in [0.25, 0.3) is 0 Å². The first-order chi connectivity index (χ1) is 10.00. The van der Waals surface area contributed by atoms with Gasteiger partial charge in [0.2, 0.25) is 0 Å². The van der Waals surface area contributed by atoms with Gasteiger partial charge in [0.05, 0.1) is 18.3 Å². The standard InChI is InChI=1S/C18H23FO2/c1-18(2)9-7-16(8-10-18)21-13-14-5-6-17(19)15(12-14)4-3-11-20/h5-6,12,16,20H,7-11,13H2,1-2H3. The van der Waals surface area contributed by atoms with Crippen molar-refractivity contribution in [3.63, 3.8) is 0 Å². The predicted molar refractivity (Wildman–Crippen MR) is 81.2 cm³/mol. The second-order valence-electron chi connectivity index (χ2n) is 6.45. The van der Waals surface area contributed by atoms with Crippen LogP contribution >= 0.6 is 0 Å². The SMILES string of the molecule is CC1(C)CCC(OCc2ccc(F)c(C#CCO)c2)CC1. The Bertz CT molecular complexity index is 530. The number of aliphatic hydroxyl groups excluding tert-OH is 1. The zero-order chi connectivity index (χ0) is 15.3. The molecule has 1 aromatic rings. The van der Waals surface area contributed by atoms with Crippen LogP contribution in [0.1, 0.15) is 50.7 Å². The molecule has 0 aromatic heterocycles. The van der Waals surface area contributed by atoms with Crippen molar-refractivity contribution in [3.8, 4) is 11.8 Å². The molecule has 0 amide bonds. The molecule has 1 aromatic carbocycles. The molecule has 114 valence electrons. The van der Waals surface area contributed by atoms with E-state index in [1.807, 2.05) is 0 Å². The van der Waals surface area contributed by atoms with E-state index in [2.05, 4.69) is 25.7 Å². The summed E-state index contributed by atoms with van der Waals surface area (Å²) < 4.78 is 19.5. The van der Waals surface area contributed by atoms with Gasteiger partial charge in [-0.05, 0) is 48.8 Å². The fourth-order valence-electron chi connectivity index (χ4n) is 2.65. The summed E-state index contributed by atoms with van der Waals surface area (Å²) >= 11 is 0. The van der Waals surface area contributed by atoms with Crippen LogP contribution < -0.4 is 0 Å². The van der Waals surface area contributed by atoms with Gasteiger partial charge >= 0.3 is 0 Å². The largest absolute Gasteiger partial charge is 0.384 e. The van der Waals surface area contributed by atoms with Gasteiger partial charge in [-0.3, -0.25) is 0 Å². The highest BCUT2D eigenvalue weighted by atomic mass is 19.1. The third-order valence-electron chi connectivity index (χ3n) is 4.10. The number of benzene rings is 1. The second kappa shape index (κ2) is 7.06. The Kier molecular flexibility index (Phi) is 5.39. The molecule has 0 heterocycles. The van der Waals surface area contributed by atoms with Crippen molar-refractivity contribution in [1.29, 1.82) is 0 Å². The molecule has 2 nitrogen and oxygen atoms in total. The molecular weight excluding hydrogens is 267 g/mol. The minimum absolute atomic E-state index is 0.266. The first-order valence-electron chi connectivity index (χ1n) is 7.50. The van der Waals surface area contributed by atoms with Crippen LogP contribution in [0.3, 0.4) is 0 Å². The minimum atomic E-state index is -0.362. The van der Waals surface area contributed by atoms with E-state index in [-0.39, 0.29) is 12.4 Å². The number of hydrogen-bond acceptors (Lipinski definition) is 2. The summed E-state index contributed by atoms with van der Waals surface area (Å²) in [6.45, 7) is 4.82. The summed E-state index contributed by atoms with van der Waals surface area (Å²) in [6.07, 6.45) is 4.86. The Labute approximate surface area is 126 Å². The lowest BCUT2D eigenvalue weighted by molar-refractivity contribution is -0.00560. The maximum Gasteiger partial charge on any atom is 0.138 e. The lowest BCUT2D eigenvalue weighted by Crippen LogP contribution is -2.26. The highest BCUT2D eigenvalue weighted by molar-refractivity contribution is 5.38. The molecule has 1 N–H and O–H groups in total. The van der Waals surface area contributed by atoms with Crippen molar-refractivity contribution in [2.75, 3.05) is 6.61 Å². The van der Waals surface area contributed by atoms with Crippen LogP contribution in [0.15, 0.2) is 18.2 Å². The third kappa shape index (κ3) is 4.84. The van der Waals surface area contributed by atoms with E-state index in [4.69, 9.17) is 9.84 Å². The topological polar surface area (TPSA) is 29.5 Å². The molecule has 0 spiro atoms. The molecule has 1 saturated carbocycles. The number of aliphatic hydroxyl groups is 1. The molecule has 1 fully saturated rings. The highest BCUT2D eigenvalue weighted by Gasteiger charge is 2.27. The Morgan fingerprint density at radius 3 is 2.71 bits per heavy atom. The Hall–Kier alpha value is -1.37. The summed E-state index contributed by atoms with van der Waals surface area (Å²) in [6, 6.07) is 4.83. The quantitative estimate of drug-likeness (QED) is 0.861. The third-order valence-corrected chi connectivity index (χ3v) is 4.10. The summed E-state index contributed by atoms with van der Waals surface area (Å²) in [5, 5.41) is 8.68. The molecule has 0 aliphatic heterocycles. The second-order valence-corrected chi connectivity index (χ2v) is 6.45. The first kappa shape index (κ1) is 16.0. The zero-order valence-electron chi connectivity index (χ0n) is 12.8. The van der Waals surface area contributed by atoms with Gasteiger partial charge in [-0.25, -0.2) is 4.39 Å². The van der Waals surface area contributed by atoms with Crippen LogP contribution in [-0.4, -0.2) is 17.8 Å². The van der Waals surface area contributed by atoms with E-state index in [1.165, 1.54) is 18.9 Å². The zero-order valence-corrected chi connectivity index (χ0v) is 12.8. The maximum absolute atomic E-state index is 13.5. The minimum Gasteiger partial charge on any atom is -0.384 e. The Balaban J connectivity index is 1.92. The molecule has 1 aliphatic carbocycles. The fourth-order valence-corrected chi connectivity index (χ4v) is 2.65. The summed E-state index contributed by atoms with van der Waals surface area (Å²) in [7, 11) is 0. The molecule has 21 heavy (non-hydrogen) atoms. The average Bonchev–Trinajstić information content (AvgIpc) is 2.46. The van der Waals surface area contributed by atoms with Gasteiger partial charge in [0.1, 0.15) is 12.4 Å². The Morgan fingerprint density at radius 1 is 1.33 bits per heavy atom. The van der Waals surface area contributed by atoms with Crippen LogP contribution in [-0.2, 0) is 11.3 Å². The van der Waals surface area contributed by atoms with E-state index in [0.29, 0.717) is 23.7 Å². The summed E-state index contributed by atoms with van der Waals surface area (Å²) in [4.78, 5) is 0. The van der Waals surface area contributed by atoms with E-state index < -0.39 is 0 Å².